The minimum atomic E-state index is -1.92. The van der Waals surface area contributed by atoms with Crippen molar-refractivity contribution in [2.75, 3.05) is 14.2 Å². The first-order valence-electron chi connectivity index (χ1n) is 4.89. The van der Waals surface area contributed by atoms with Gasteiger partial charge in [-0.25, -0.2) is 13.6 Å². The molecule has 2 N–H and O–H groups in total. The minimum Gasteiger partial charge on any atom is -0.496 e. The van der Waals surface area contributed by atoms with E-state index in [2.05, 4.69) is 4.74 Å². The maximum absolute atomic E-state index is 13.1. The zero-order valence-corrected chi connectivity index (χ0v) is 9.68. The van der Waals surface area contributed by atoms with Crippen molar-refractivity contribution in [3.05, 3.63) is 29.3 Å². The van der Waals surface area contributed by atoms with Crippen molar-refractivity contribution in [2.24, 2.45) is 0 Å². The van der Waals surface area contributed by atoms with E-state index in [1.807, 2.05) is 0 Å². The van der Waals surface area contributed by atoms with E-state index < -0.39 is 29.8 Å². The molecule has 0 aliphatic rings. The van der Waals surface area contributed by atoms with Gasteiger partial charge in [-0.3, -0.25) is 0 Å². The highest BCUT2D eigenvalue weighted by Crippen LogP contribution is 2.29. The van der Waals surface area contributed by atoms with Crippen LogP contribution in [0.4, 0.5) is 8.78 Å². The molecule has 0 bridgehead atoms. The summed E-state index contributed by atoms with van der Waals surface area (Å²) in [6, 6.07) is 1.35. The molecule has 1 aromatic carbocycles. The third-order valence-corrected chi connectivity index (χ3v) is 2.33. The molecule has 18 heavy (non-hydrogen) atoms. The fourth-order valence-electron chi connectivity index (χ4n) is 1.37. The number of aliphatic hydroxyl groups excluding tert-OH is 2. The van der Waals surface area contributed by atoms with Crippen LogP contribution in [0.15, 0.2) is 12.1 Å². The molecular weight excluding hydrogens is 250 g/mol. The highest BCUT2D eigenvalue weighted by Gasteiger charge is 2.29. The highest BCUT2D eigenvalue weighted by atomic mass is 19.2. The summed E-state index contributed by atoms with van der Waals surface area (Å²) in [6.07, 6.45) is -3.71. The lowest BCUT2D eigenvalue weighted by Gasteiger charge is -2.18. The van der Waals surface area contributed by atoms with Gasteiger partial charge in [-0.05, 0) is 6.07 Å². The van der Waals surface area contributed by atoms with Gasteiger partial charge in [0.1, 0.15) is 11.9 Å². The normalized spacial score (nSPS) is 13.9. The molecule has 0 amide bonds. The van der Waals surface area contributed by atoms with Gasteiger partial charge in [0.15, 0.2) is 17.7 Å². The number of ether oxygens (including phenoxy) is 2. The first-order valence-corrected chi connectivity index (χ1v) is 4.89. The standard InChI is InChI=1S/C11H12F2O5/c1-17-8-4-7(13)6(12)3-5(8)9(14)10(15)11(16)18-2/h3-4,9-10,14-15H,1-2H3. The largest absolute Gasteiger partial charge is 0.496 e. The van der Waals surface area contributed by atoms with Crippen molar-refractivity contribution in [3.8, 4) is 5.75 Å². The molecule has 0 saturated heterocycles. The van der Waals surface area contributed by atoms with Crippen molar-refractivity contribution >= 4 is 5.97 Å². The molecule has 100 valence electrons. The summed E-state index contributed by atoms with van der Waals surface area (Å²) >= 11 is 0. The van der Waals surface area contributed by atoms with Crippen molar-refractivity contribution in [1.29, 1.82) is 0 Å². The Morgan fingerprint density at radius 2 is 1.78 bits per heavy atom. The van der Waals surface area contributed by atoms with Crippen LogP contribution in [0.1, 0.15) is 11.7 Å². The number of rotatable bonds is 4. The first kappa shape index (κ1) is 14.3. The number of carbonyl (C=O) groups excluding carboxylic acids is 1. The van der Waals surface area contributed by atoms with Crippen LogP contribution in [0.2, 0.25) is 0 Å². The van der Waals surface area contributed by atoms with Crippen molar-refractivity contribution < 1.29 is 33.3 Å². The molecule has 7 heteroatoms. The Morgan fingerprint density at radius 1 is 1.22 bits per heavy atom. The molecule has 0 fully saturated rings. The van der Waals surface area contributed by atoms with E-state index in [-0.39, 0.29) is 11.3 Å². The van der Waals surface area contributed by atoms with Gasteiger partial charge in [0.05, 0.1) is 14.2 Å². The molecular formula is C11H12F2O5. The lowest BCUT2D eigenvalue weighted by Crippen LogP contribution is -2.29. The Kier molecular flexibility index (Phi) is 4.57. The monoisotopic (exact) mass is 262 g/mol. The van der Waals surface area contributed by atoms with Crippen molar-refractivity contribution in [3.63, 3.8) is 0 Å². The molecule has 5 nitrogen and oxygen atoms in total. The second-order valence-corrected chi connectivity index (χ2v) is 3.42. The van der Waals surface area contributed by atoms with Gasteiger partial charge < -0.3 is 19.7 Å². The summed E-state index contributed by atoms with van der Waals surface area (Å²) < 4.78 is 35.0. The molecule has 0 heterocycles. The van der Waals surface area contributed by atoms with Crippen LogP contribution < -0.4 is 4.74 Å². The Morgan fingerprint density at radius 3 is 2.28 bits per heavy atom. The summed E-state index contributed by atoms with van der Waals surface area (Å²) in [5.41, 5.74) is -0.255. The minimum absolute atomic E-state index is 0.190. The first-order chi connectivity index (χ1) is 8.42. The molecule has 0 aliphatic carbocycles. The average molecular weight is 262 g/mol. The predicted molar refractivity (Wildman–Crippen MR) is 55.9 cm³/mol. The molecule has 0 radical (unpaired) electrons. The highest BCUT2D eigenvalue weighted by molar-refractivity contribution is 5.75. The van der Waals surface area contributed by atoms with Crippen LogP contribution in [0, 0.1) is 11.6 Å². The second-order valence-electron chi connectivity index (χ2n) is 3.42. The van der Waals surface area contributed by atoms with Gasteiger partial charge in [-0.1, -0.05) is 0 Å². The third-order valence-electron chi connectivity index (χ3n) is 2.33. The molecule has 0 saturated carbocycles. The fraction of sp³-hybridized carbons (Fsp3) is 0.364. The Bertz CT molecular complexity index is 449. The van der Waals surface area contributed by atoms with E-state index in [9.17, 15) is 23.8 Å². The smallest absolute Gasteiger partial charge is 0.337 e. The van der Waals surface area contributed by atoms with E-state index >= 15 is 0 Å². The quantitative estimate of drug-likeness (QED) is 0.774. The van der Waals surface area contributed by atoms with Gasteiger partial charge >= 0.3 is 5.97 Å². The fourth-order valence-corrected chi connectivity index (χ4v) is 1.37. The SMILES string of the molecule is COC(=O)C(O)C(O)c1cc(F)c(F)cc1OC. The number of benzene rings is 1. The number of carbonyl (C=O) groups is 1. The summed E-state index contributed by atoms with van der Waals surface area (Å²) in [7, 11) is 2.19. The number of hydrogen-bond donors (Lipinski definition) is 2. The Balaban J connectivity index is 3.15. The summed E-state index contributed by atoms with van der Waals surface area (Å²) in [4.78, 5) is 11.0. The third kappa shape index (κ3) is 2.74. The summed E-state index contributed by atoms with van der Waals surface area (Å²) in [5, 5.41) is 19.1. The summed E-state index contributed by atoms with van der Waals surface area (Å²) in [5.74, 6) is -3.70. The van der Waals surface area contributed by atoms with Crippen LogP contribution in [0.3, 0.4) is 0 Å². The second kappa shape index (κ2) is 5.74. The number of halogens is 2. The Labute approximate surface area is 102 Å². The van der Waals surface area contributed by atoms with E-state index in [1.54, 1.807) is 0 Å². The van der Waals surface area contributed by atoms with Crippen LogP contribution in [0.5, 0.6) is 5.75 Å². The molecule has 0 aliphatic heterocycles. The van der Waals surface area contributed by atoms with Gasteiger partial charge in [-0.15, -0.1) is 0 Å². The van der Waals surface area contributed by atoms with Gasteiger partial charge in [0.25, 0.3) is 0 Å². The lowest BCUT2D eigenvalue weighted by atomic mass is 10.0. The van der Waals surface area contributed by atoms with Crippen LogP contribution in [0.25, 0.3) is 0 Å². The van der Waals surface area contributed by atoms with Crippen LogP contribution >= 0.6 is 0 Å². The maximum Gasteiger partial charge on any atom is 0.337 e. The average Bonchev–Trinajstić information content (AvgIpc) is 2.38. The van der Waals surface area contributed by atoms with E-state index in [0.717, 1.165) is 7.11 Å². The number of aliphatic hydroxyl groups is 2. The topological polar surface area (TPSA) is 76.0 Å². The molecule has 2 atom stereocenters. The maximum atomic E-state index is 13.1. The van der Waals surface area contributed by atoms with Gasteiger partial charge in [0, 0.05) is 11.6 Å². The number of hydrogen-bond acceptors (Lipinski definition) is 5. The van der Waals surface area contributed by atoms with Crippen molar-refractivity contribution in [1.82, 2.24) is 0 Å². The zero-order valence-electron chi connectivity index (χ0n) is 9.68. The van der Waals surface area contributed by atoms with E-state index in [1.165, 1.54) is 7.11 Å². The molecule has 1 rings (SSSR count). The molecule has 0 aromatic heterocycles. The zero-order chi connectivity index (χ0) is 13.9. The molecule has 1 aromatic rings. The van der Waals surface area contributed by atoms with E-state index in [4.69, 9.17) is 4.74 Å². The lowest BCUT2D eigenvalue weighted by molar-refractivity contribution is -0.156. The molecule has 2 unspecified atom stereocenters. The predicted octanol–water partition coefficient (Wildman–Crippen LogP) is 0.541. The van der Waals surface area contributed by atoms with Gasteiger partial charge in [-0.2, -0.15) is 0 Å². The van der Waals surface area contributed by atoms with Gasteiger partial charge in [0.2, 0.25) is 0 Å². The van der Waals surface area contributed by atoms with Crippen LogP contribution in [-0.2, 0) is 9.53 Å². The number of esters is 1. The van der Waals surface area contributed by atoms with E-state index in [0.29, 0.717) is 12.1 Å². The Hall–Kier alpha value is -1.73. The summed E-state index contributed by atoms with van der Waals surface area (Å²) in [6.45, 7) is 0. The van der Waals surface area contributed by atoms with Crippen LogP contribution in [-0.4, -0.2) is 36.5 Å². The number of methoxy groups -OCH3 is 2. The van der Waals surface area contributed by atoms with Crippen molar-refractivity contribution in [2.45, 2.75) is 12.2 Å². The molecule has 0 spiro atoms.